The molecule has 0 bridgehead atoms. The SMILES string of the molecule is COc1ccc2c(c1)C(n1nc(C)cc1N)CCCO2. The van der Waals surface area contributed by atoms with E-state index in [2.05, 4.69) is 5.10 Å². The van der Waals surface area contributed by atoms with Crippen LogP contribution in [-0.4, -0.2) is 23.5 Å². The highest BCUT2D eigenvalue weighted by Gasteiger charge is 2.24. The molecule has 2 heterocycles. The van der Waals surface area contributed by atoms with Crippen LogP contribution in [0.4, 0.5) is 5.82 Å². The number of fused-ring (bicyclic) bond motifs is 1. The van der Waals surface area contributed by atoms with Crippen molar-refractivity contribution in [2.75, 3.05) is 19.5 Å². The standard InChI is InChI=1S/C15H19N3O2/c1-10-8-15(16)18(17-10)13-4-3-7-20-14-6-5-11(19-2)9-12(13)14/h5-6,8-9,13H,3-4,7,16H2,1-2H3. The molecule has 0 aliphatic carbocycles. The van der Waals surface area contributed by atoms with Crippen molar-refractivity contribution in [2.45, 2.75) is 25.8 Å². The maximum absolute atomic E-state index is 6.08. The highest BCUT2D eigenvalue weighted by molar-refractivity contribution is 5.44. The summed E-state index contributed by atoms with van der Waals surface area (Å²) in [5.74, 6) is 2.39. The van der Waals surface area contributed by atoms with Crippen molar-refractivity contribution in [3.8, 4) is 11.5 Å². The van der Waals surface area contributed by atoms with Gasteiger partial charge in [-0.05, 0) is 38.0 Å². The van der Waals surface area contributed by atoms with Crippen LogP contribution in [0.25, 0.3) is 0 Å². The first-order chi connectivity index (χ1) is 9.69. The average molecular weight is 273 g/mol. The minimum absolute atomic E-state index is 0.0938. The van der Waals surface area contributed by atoms with Crippen LogP contribution in [0, 0.1) is 6.92 Å². The summed E-state index contributed by atoms with van der Waals surface area (Å²) in [7, 11) is 1.67. The summed E-state index contributed by atoms with van der Waals surface area (Å²) < 4.78 is 13.0. The number of hydrogen-bond donors (Lipinski definition) is 1. The van der Waals surface area contributed by atoms with E-state index in [4.69, 9.17) is 15.2 Å². The van der Waals surface area contributed by atoms with Gasteiger partial charge in [-0.1, -0.05) is 0 Å². The maximum atomic E-state index is 6.08. The van der Waals surface area contributed by atoms with Crippen LogP contribution in [0.3, 0.4) is 0 Å². The first-order valence-electron chi connectivity index (χ1n) is 6.81. The van der Waals surface area contributed by atoms with E-state index in [0.29, 0.717) is 5.82 Å². The van der Waals surface area contributed by atoms with E-state index in [1.54, 1.807) is 7.11 Å². The largest absolute Gasteiger partial charge is 0.497 e. The zero-order chi connectivity index (χ0) is 14.1. The minimum atomic E-state index is 0.0938. The number of rotatable bonds is 2. The molecule has 1 aromatic carbocycles. The molecule has 1 aliphatic heterocycles. The number of anilines is 1. The van der Waals surface area contributed by atoms with Crippen molar-refractivity contribution >= 4 is 5.82 Å². The van der Waals surface area contributed by atoms with Gasteiger partial charge in [-0.25, -0.2) is 4.68 Å². The van der Waals surface area contributed by atoms with Gasteiger partial charge in [0.25, 0.3) is 0 Å². The van der Waals surface area contributed by atoms with Crippen molar-refractivity contribution < 1.29 is 9.47 Å². The molecule has 3 rings (SSSR count). The van der Waals surface area contributed by atoms with Gasteiger partial charge in [-0.2, -0.15) is 5.10 Å². The summed E-state index contributed by atoms with van der Waals surface area (Å²) >= 11 is 0. The highest BCUT2D eigenvalue weighted by Crippen LogP contribution is 2.37. The lowest BCUT2D eigenvalue weighted by molar-refractivity contribution is 0.314. The van der Waals surface area contributed by atoms with Crippen LogP contribution < -0.4 is 15.2 Å². The highest BCUT2D eigenvalue weighted by atomic mass is 16.5. The Kier molecular flexibility index (Phi) is 3.26. The fraction of sp³-hybridized carbons (Fsp3) is 0.400. The molecule has 1 aliphatic rings. The summed E-state index contributed by atoms with van der Waals surface area (Å²) in [5.41, 5.74) is 8.09. The van der Waals surface area contributed by atoms with Crippen LogP contribution in [-0.2, 0) is 0 Å². The van der Waals surface area contributed by atoms with Gasteiger partial charge >= 0.3 is 0 Å². The number of methoxy groups -OCH3 is 1. The smallest absolute Gasteiger partial charge is 0.124 e. The van der Waals surface area contributed by atoms with Crippen molar-refractivity contribution in [3.63, 3.8) is 0 Å². The summed E-state index contributed by atoms with van der Waals surface area (Å²) in [6.45, 7) is 2.67. The second-order valence-corrected chi connectivity index (χ2v) is 5.07. The van der Waals surface area contributed by atoms with E-state index in [1.807, 2.05) is 35.9 Å². The summed E-state index contributed by atoms with van der Waals surface area (Å²) in [5, 5.41) is 4.53. The molecule has 2 N–H and O–H groups in total. The maximum Gasteiger partial charge on any atom is 0.124 e. The molecular weight excluding hydrogens is 254 g/mol. The third-order valence-electron chi connectivity index (χ3n) is 3.64. The molecule has 1 atom stereocenters. The van der Waals surface area contributed by atoms with Crippen molar-refractivity contribution in [1.29, 1.82) is 0 Å². The molecule has 2 aromatic rings. The molecule has 1 aromatic heterocycles. The molecule has 0 saturated carbocycles. The Bertz CT molecular complexity index is 622. The number of nitrogens with two attached hydrogens (primary N) is 1. The van der Waals surface area contributed by atoms with Gasteiger partial charge < -0.3 is 15.2 Å². The number of aromatic nitrogens is 2. The fourth-order valence-corrected chi connectivity index (χ4v) is 2.70. The Morgan fingerprint density at radius 3 is 2.95 bits per heavy atom. The van der Waals surface area contributed by atoms with Crippen molar-refractivity contribution in [3.05, 3.63) is 35.5 Å². The zero-order valence-electron chi connectivity index (χ0n) is 11.8. The van der Waals surface area contributed by atoms with Gasteiger partial charge in [0, 0.05) is 11.6 Å². The van der Waals surface area contributed by atoms with Gasteiger partial charge in [0.1, 0.15) is 17.3 Å². The van der Waals surface area contributed by atoms with E-state index < -0.39 is 0 Å². The van der Waals surface area contributed by atoms with Crippen LogP contribution in [0.5, 0.6) is 11.5 Å². The number of aryl methyl sites for hydroxylation is 1. The molecule has 20 heavy (non-hydrogen) atoms. The molecule has 0 saturated heterocycles. The van der Waals surface area contributed by atoms with E-state index in [0.717, 1.165) is 42.2 Å². The molecule has 0 amide bonds. The Hall–Kier alpha value is -2.17. The van der Waals surface area contributed by atoms with E-state index in [-0.39, 0.29) is 6.04 Å². The van der Waals surface area contributed by atoms with E-state index in [9.17, 15) is 0 Å². The molecule has 0 radical (unpaired) electrons. The Morgan fingerprint density at radius 1 is 1.40 bits per heavy atom. The predicted octanol–water partition coefficient (Wildman–Crippen LogP) is 2.54. The second kappa shape index (κ2) is 5.07. The molecule has 1 unspecified atom stereocenters. The van der Waals surface area contributed by atoms with E-state index in [1.165, 1.54) is 0 Å². The summed E-state index contributed by atoms with van der Waals surface area (Å²) in [6, 6.07) is 7.88. The fourth-order valence-electron chi connectivity index (χ4n) is 2.70. The monoisotopic (exact) mass is 273 g/mol. The third kappa shape index (κ3) is 2.19. The Morgan fingerprint density at radius 2 is 2.25 bits per heavy atom. The van der Waals surface area contributed by atoms with Crippen LogP contribution in [0.15, 0.2) is 24.3 Å². The van der Waals surface area contributed by atoms with Crippen LogP contribution in [0.1, 0.15) is 30.1 Å². The summed E-state index contributed by atoms with van der Waals surface area (Å²) in [6.07, 6.45) is 1.92. The lowest BCUT2D eigenvalue weighted by Crippen LogP contribution is -2.14. The van der Waals surface area contributed by atoms with Crippen molar-refractivity contribution in [1.82, 2.24) is 9.78 Å². The number of nitrogen functional groups attached to an aromatic ring is 1. The lowest BCUT2D eigenvalue weighted by Gasteiger charge is -2.19. The van der Waals surface area contributed by atoms with Gasteiger partial charge in [-0.3, -0.25) is 0 Å². The summed E-state index contributed by atoms with van der Waals surface area (Å²) in [4.78, 5) is 0. The molecule has 5 heteroatoms. The first-order valence-corrected chi connectivity index (χ1v) is 6.81. The minimum Gasteiger partial charge on any atom is -0.497 e. The number of ether oxygens (including phenoxy) is 2. The number of nitrogens with zero attached hydrogens (tertiary/aromatic N) is 2. The molecule has 106 valence electrons. The Labute approximate surface area is 118 Å². The van der Waals surface area contributed by atoms with Gasteiger partial charge in [0.2, 0.25) is 0 Å². The molecule has 0 spiro atoms. The number of benzene rings is 1. The Balaban J connectivity index is 2.10. The third-order valence-corrected chi connectivity index (χ3v) is 3.64. The second-order valence-electron chi connectivity index (χ2n) is 5.07. The van der Waals surface area contributed by atoms with Gasteiger partial charge in [-0.15, -0.1) is 0 Å². The van der Waals surface area contributed by atoms with Gasteiger partial charge in [0.15, 0.2) is 0 Å². The van der Waals surface area contributed by atoms with Crippen LogP contribution in [0.2, 0.25) is 0 Å². The quantitative estimate of drug-likeness (QED) is 0.913. The topological polar surface area (TPSA) is 62.3 Å². The van der Waals surface area contributed by atoms with Gasteiger partial charge in [0.05, 0.1) is 25.5 Å². The lowest BCUT2D eigenvalue weighted by atomic mass is 10.0. The molecule has 0 fully saturated rings. The van der Waals surface area contributed by atoms with E-state index >= 15 is 0 Å². The van der Waals surface area contributed by atoms with Crippen LogP contribution >= 0.6 is 0 Å². The normalized spacial score (nSPS) is 18.0. The molecular formula is C15H19N3O2. The number of hydrogen-bond acceptors (Lipinski definition) is 4. The zero-order valence-corrected chi connectivity index (χ0v) is 11.8. The average Bonchev–Trinajstić information content (AvgIpc) is 2.67. The van der Waals surface area contributed by atoms with Crippen molar-refractivity contribution in [2.24, 2.45) is 0 Å². The molecule has 5 nitrogen and oxygen atoms in total. The predicted molar refractivity (Wildman–Crippen MR) is 77.2 cm³/mol. The first kappa shape index (κ1) is 12.8.